The minimum absolute atomic E-state index is 0.0409. The summed E-state index contributed by atoms with van der Waals surface area (Å²) in [4.78, 5) is 7.44. The normalized spacial score (nSPS) is 26.7. The maximum atomic E-state index is 10.0. The number of rotatable bonds is 17. The molecule has 4 aromatic carbocycles. The lowest BCUT2D eigenvalue weighted by Gasteiger charge is -2.58. The molecule has 2 aliphatic carbocycles. The van der Waals surface area contributed by atoms with E-state index in [1.54, 1.807) is 11.8 Å². The Morgan fingerprint density at radius 1 is 0.881 bits per heavy atom. The van der Waals surface area contributed by atoms with Crippen LogP contribution in [0.5, 0.6) is 17.2 Å². The number of aryl methyl sites for hydroxylation is 2. The van der Waals surface area contributed by atoms with Crippen molar-refractivity contribution in [2.24, 2.45) is 22.9 Å². The number of ether oxygens (including phenoxy) is 4. The minimum atomic E-state index is -1.09. The fourth-order valence-corrected chi connectivity index (χ4v) is 11.1. The summed E-state index contributed by atoms with van der Waals surface area (Å²) < 4.78 is 27.2. The van der Waals surface area contributed by atoms with E-state index in [2.05, 4.69) is 93.2 Å². The van der Waals surface area contributed by atoms with Gasteiger partial charge in [0.2, 0.25) is 12.1 Å². The first-order chi connectivity index (χ1) is 28.9. The number of nitrogens with zero attached hydrogens (tertiary/aromatic N) is 1. The van der Waals surface area contributed by atoms with Crippen molar-refractivity contribution in [3.63, 3.8) is 0 Å². The van der Waals surface area contributed by atoms with Gasteiger partial charge in [-0.1, -0.05) is 66.5 Å². The van der Waals surface area contributed by atoms with Gasteiger partial charge in [0.15, 0.2) is 0 Å². The van der Waals surface area contributed by atoms with Gasteiger partial charge in [0.05, 0.1) is 30.1 Å². The third kappa shape index (κ3) is 9.01. The Labute approximate surface area is 353 Å². The lowest BCUT2D eigenvalue weighted by atomic mass is 9.56. The van der Waals surface area contributed by atoms with Crippen molar-refractivity contribution in [3.8, 4) is 17.2 Å². The van der Waals surface area contributed by atoms with Crippen molar-refractivity contribution in [2.75, 3.05) is 26.4 Å². The van der Waals surface area contributed by atoms with Crippen LogP contribution in [0.25, 0.3) is 10.8 Å². The SMILES string of the molecule is C=CCOC12Oc3ccc(Oc4ccc(C)c(C)c4)cc3C3C(CCCCO)C(CCCCO)C=C(C(=NOC4CCCCO4)CC1Sc1ccc4ccccc4c1)C32. The van der Waals surface area contributed by atoms with Crippen LogP contribution >= 0.6 is 11.8 Å². The molecule has 2 N–H and O–H groups in total. The van der Waals surface area contributed by atoms with Gasteiger partial charge in [-0.3, -0.25) is 0 Å². The molecule has 1 saturated heterocycles. The lowest BCUT2D eigenvalue weighted by molar-refractivity contribution is -0.223. The molecule has 2 aliphatic heterocycles. The standard InChI is InChI=1S/C50H59NO7S/c1-4-26-55-50-46(59-40-22-19-35-13-5-6-14-36(35)29-40)32-44(51-58-47-17-9-12-27-54-47)42-30-37(15-7-10-24-52)41(16-8-11-25-53)48(49(42)50)43-31-39(21-23-45(43)57-50)56-38-20-18-33(2)34(3)28-38/h4-6,13-14,18-23,28-31,37,41,46-49,52-53H,1,7-12,15-17,24-27,32H2,2-3H3. The maximum absolute atomic E-state index is 10.0. The molecule has 4 aromatic rings. The first-order valence-electron chi connectivity index (χ1n) is 21.7. The molecule has 0 bridgehead atoms. The van der Waals surface area contributed by atoms with Crippen molar-refractivity contribution in [3.05, 3.63) is 120 Å². The molecule has 2 fully saturated rings. The van der Waals surface area contributed by atoms with E-state index in [1.807, 2.05) is 18.2 Å². The average molecular weight is 818 g/mol. The molecule has 7 atom stereocenters. The molecule has 0 amide bonds. The number of oxime groups is 1. The fraction of sp³-hybridized carbons (Fsp3) is 0.460. The van der Waals surface area contributed by atoms with E-state index >= 15 is 0 Å². The van der Waals surface area contributed by atoms with Crippen LogP contribution in [-0.2, 0) is 14.3 Å². The van der Waals surface area contributed by atoms with Gasteiger partial charge in [-0.2, -0.15) is 0 Å². The Kier molecular flexibility index (Phi) is 13.4. The molecular formula is C50H59NO7S. The predicted octanol–water partition coefficient (Wildman–Crippen LogP) is 11.2. The van der Waals surface area contributed by atoms with Crippen LogP contribution in [0, 0.1) is 31.6 Å². The first kappa shape index (κ1) is 41.6. The topological polar surface area (TPSA) is 99.0 Å². The number of fused-ring (bicyclic) bond motifs is 3. The van der Waals surface area contributed by atoms with E-state index in [9.17, 15) is 10.2 Å². The van der Waals surface area contributed by atoms with Crippen LogP contribution in [0.2, 0.25) is 0 Å². The number of hydrogen-bond acceptors (Lipinski definition) is 9. The van der Waals surface area contributed by atoms with Crippen molar-refractivity contribution >= 4 is 28.2 Å². The molecule has 0 radical (unpaired) electrons. The second-order valence-corrected chi connectivity index (χ2v) is 17.9. The van der Waals surface area contributed by atoms with Gasteiger partial charge in [-0.05, 0) is 134 Å². The highest BCUT2D eigenvalue weighted by molar-refractivity contribution is 8.00. The van der Waals surface area contributed by atoms with E-state index in [-0.39, 0.29) is 48.4 Å². The van der Waals surface area contributed by atoms with E-state index in [0.717, 1.165) is 96.8 Å². The highest BCUT2D eigenvalue weighted by Gasteiger charge is 2.64. The Hall–Kier alpha value is -4.12. The summed E-state index contributed by atoms with van der Waals surface area (Å²) in [5.74, 6) is 1.33. The summed E-state index contributed by atoms with van der Waals surface area (Å²) in [5, 5.41) is 27.1. The highest BCUT2D eigenvalue weighted by Crippen LogP contribution is 2.63. The molecule has 0 aromatic heterocycles. The fourth-order valence-electron chi connectivity index (χ4n) is 9.72. The van der Waals surface area contributed by atoms with Crippen LogP contribution in [-0.4, -0.2) is 59.7 Å². The van der Waals surface area contributed by atoms with Crippen LogP contribution in [0.1, 0.15) is 86.8 Å². The summed E-state index contributed by atoms with van der Waals surface area (Å²) >= 11 is 1.78. The van der Waals surface area contributed by atoms with Gasteiger partial charge in [0, 0.05) is 42.4 Å². The van der Waals surface area contributed by atoms with E-state index in [1.165, 1.54) is 21.9 Å². The van der Waals surface area contributed by atoms with Gasteiger partial charge < -0.3 is 34.0 Å². The second kappa shape index (κ2) is 19.1. The molecule has 9 heteroatoms. The Morgan fingerprint density at radius 2 is 1.68 bits per heavy atom. The van der Waals surface area contributed by atoms with Crippen molar-refractivity contribution in [2.45, 2.75) is 106 Å². The van der Waals surface area contributed by atoms with E-state index in [0.29, 0.717) is 19.6 Å². The largest absolute Gasteiger partial charge is 0.460 e. The van der Waals surface area contributed by atoms with Gasteiger partial charge in [0.1, 0.15) is 17.2 Å². The van der Waals surface area contributed by atoms with Crippen LogP contribution in [0.4, 0.5) is 0 Å². The predicted molar refractivity (Wildman–Crippen MR) is 235 cm³/mol. The molecule has 7 unspecified atom stereocenters. The molecule has 8 rings (SSSR count). The minimum Gasteiger partial charge on any atom is -0.460 e. The zero-order valence-corrected chi connectivity index (χ0v) is 35.3. The average Bonchev–Trinajstić information content (AvgIpc) is 3.25. The smallest absolute Gasteiger partial charge is 0.231 e. The molecule has 1 saturated carbocycles. The quantitative estimate of drug-likeness (QED) is 0.0617. The zero-order chi connectivity index (χ0) is 40.8. The summed E-state index contributed by atoms with van der Waals surface area (Å²) in [6.45, 7) is 9.60. The Bertz CT molecular complexity index is 2140. The highest BCUT2D eigenvalue weighted by atomic mass is 32.2. The molecule has 59 heavy (non-hydrogen) atoms. The molecule has 0 spiro atoms. The lowest BCUT2D eigenvalue weighted by Crippen LogP contribution is -2.64. The number of aliphatic hydroxyl groups is 2. The number of unbranched alkanes of at least 4 members (excludes halogenated alkanes) is 2. The number of benzene rings is 4. The zero-order valence-electron chi connectivity index (χ0n) is 34.5. The van der Waals surface area contributed by atoms with Crippen LogP contribution < -0.4 is 9.47 Å². The third-order valence-corrected chi connectivity index (χ3v) is 14.1. The molecule has 2 heterocycles. The van der Waals surface area contributed by atoms with E-state index < -0.39 is 5.79 Å². The molecule has 312 valence electrons. The first-order valence-corrected chi connectivity index (χ1v) is 22.5. The van der Waals surface area contributed by atoms with Crippen LogP contribution in [0.15, 0.2) is 113 Å². The van der Waals surface area contributed by atoms with Crippen LogP contribution in [0.3, 0.4) is 0 Å². The van der Waals surface area contributed by atoms with Gasteiger partial charge in [-0.25, -0.2) is 0 Å². The monoisotopic (exact) mass is 817 g/mol. The van der Waals surface area contributed by atoms with Gasteiger partial charge in [-0.15, -0.1) is 18.3 Å². The Morgan fingerprint density at radius 3 is 2.46 bits per heavy atom. The van der Waals surface area contributed by atoms with E-state index in [4.69, 9.17) is 28.9 Å². The summed E-state index contributed by atoms with van der Waals surface area (Å²) in [6, 6.07) is 27.6. The summed E-state index contributed by atoms with van der Waals surface area (Å²) in [5.41, 5.74) is 5.49. The van der Waals surface area contributed by atoms with Crippen molar-refractivity contribution < 1.29 is 34.0 Å². The Balaban J connectivity index is 1.30. The van der Waals surface area contributed by atoms with Gasteiger partial charge >= 0.3 is 0 Å². The second-order valence-electron chi connectivity index (χ2n) is 16.6. The molecule has 8 nitrogen and oxygen atoms in total. The van der Waals surface area contributed by atoms with Crippen molar-refractivity contribution in [1.29, 1.82) is 0 Å². The number of allylic oxidation sites excluding steroid dienone is 1. The maximum Gasteiger partial charge on any atom is 0.231 e. The summed E-state index contributed by atoms with van der Waals surface area (Å²) in [7, 11) is 0. The molecule has 4 aliphatic rings. The van der Waals surface area contributed by atoms with Crippen molar-refractivity contribution in [1.82, 2.24) is 0 Å². The number of aliphatic hydroxyl groups excluding tert-OH is 2. The van der Waals surface area contributed by atoms with Gasteiger partial charge in [0.25, 0.3) is 0 Å². The molecular weight excluding hydrogens is 759 g/mol. The number of thioether (sulfide) groups is 1. The summed E-state index contributed by atoms with van der Waals surface area (Å²) in [6.07, 6.45) is 12.4. The number of hydrogen-bond donors (Lipinski definition) is 2. The third-order valence-electron chi connectivity index (χ3n) is 12.8.